The molecule has 0 bridgehead atoms. The molecule has 1 aliphatic rings. The van der Waals surface area contributed by atoms with E-state index in [2.05, 4.69) is 27.9 Å². The Bertz CT molecular complexity index is 596. The number of hydrogen-bond donors (Lipinski definition) is 1. The highest BCUT2D eigenvalue weighted by Crippen LogP contribution is 2.27. The Morgan fingerprint density at radius 3 is 2.71 bits per heavy atom. The largest absolute Gasteiger partial charge is 0.355 e. The number of aromatic nitrogens is 3. The molecule has 0 unspecified atom stereocenters. The van der Waals surface area contributed by atoms with Crippen LogP contribution in [0.1, 0.15) is 57.0 Å². The first-order chi connectivity index (χ1) is 10.3. The topological polar surface area (TPSA) is 44.8 Å². The molecule has 4 nitrogen and oxygen atoms in total. The normalized spacial score (nSPS) is 15.8. The monoisotopic (exact) mass is 286 g/mol. The molecular weight excluding hydrogens is 260 g/mol. The molecule has 1 N–H and O–H groups in total. The molecule has 114 valence electrons. The first kappa shape index (κ1) is 14.4. The number of hydrogen-bond acceptors (Lipinski definition) is 3. The summed E-state index contributed by atoms with van der Waals surface area (Å²) in [6.45, 7) is 6.48. The number of rotatable bonds is 5. The van der Waals surface area contributed by atoms with Crippen molar-refractivity contribution < 1.29 is 0 Å². The first-order valence-electron chi connectivity index (χ1n) is 8.39. The summed E-state index contributed by atoms with van der Waals surface area (Å²) in [4.78, 5) is 15.3. The molecule has 1 fully saturated rings. The third-order valence-electron chi connectivity index (χ3n) is 4.33. The standard InChI is InChI=1S/C17H26N4/c1-3-4-6-9-14-12-15-16(20-14)17(19-13(2)18-15)21-10-7-5-8-11-21/h12,20H,3-11H2,1-2H3. The highest BCUT2D eigenvalue weighted by Gasteiger charge is 2.17. The Morgan fingerprint density at radius 1 is 1.14 bits per heavy atom. The van der Waals surface area contributed by atoms with Crippen LogP contribution in [-0.4, -0.2) is 28.0 Å². The number of nitrogens with zero attached hydrogens (tertiary/aromatic N) is 3. The van der Waals surface area contributed by atoms with E-state index in [0.29, 0.717) is 0 Å². The highest BCUT2D eigenvalue weighted by atomic mass is 15.2. The number of anilines is 1. The van der Waals surface area contributed by atoms with Crippen LogP contribution in [0.15, 0.2) is 6.07 Å². The van der Waals surface area contributed by atoms with E-state index in [1.54, 1.807) is 0 Å². The van der Waals surface area contributed by atoms with E-state index in [0.717, 1.165) is 42.2 Å². The third-order valence-corrected chi connectivity index (χ3v) is 4.33. The van der Waals surface area contributed by atoms with Crippen molar-refractivity contribution in [1.29, 1.82) is 0 Å². The van der Waals surface area contributed by atoms with Crippen molar-refractivity contribution in [3.05, 3.63) is 17.6 Å². The molecule has 3 heterocycles. The summed E-state index contributed by atoms with van der Waals surface area (Å²) in [6.07, 6.45) is 8.80. The molecule has 21 heavy (non-hydrogen) atoms. The van der Waals surface area contributed by atoms with Gasteiger partial charge in [0.2, 0.25) is 0 Å². The zero-order chi connectivity index (χ0) is 14.7. The minimum absolute atomic E-state index is 0.877. The van der Waals surface area contributed by atoms with Gasteiger partial charge >= 0.3 is 0 Å². The van der Waals surface area contributed by atoms with Crippen LogP contribution in [0.3, 0.4) is 0 Å². The lowest BCUT2D eigenvalue weighted by Gasteiger charge is -2.28. The molecule has 1 aliphatic heterocycles. The molecule has 4 heteroatoms. The number of nitrogens with one attached hydrogen (secondary N) is 1. The van der Waals surface area contributed by atoms with Crippen LogP contribution in [0, 0.1) is 6.92 Å². The van der Waals surface area contributed by atoms with Crippen molar-refractivity contribution in [2.75, 3.05) is 18.0 Å². The van der Waals surface area contributed by atoms with Gasteiger partial charge in [0.25, 0.3) is 0 Å². The quantitative estimate of drug-likeness (QED) is 0.845. The Hall–Kier alpha value is -1.58. The van der Waals surface area contributed by atoms with Crippen molar-refractivity contribution in [1.82, 2.24) is 15.0 Å². The van der Waals surface area contributed by atoms with Gasteiger partial charge in [0.15, 0.2) is 5.82 Å². The fourth-order valence-electron chi connectivity index (χ4n) is 3.20. The van der Waals surface area contributed by atoms with Gasteiger partial charge in [-0.25, -0.2) is 9.97 Å². The van der Waals surface area contributed by atoms with E-state index in [4.69, 9.17) is 4.98 Å². The fourth-order valence-corrected chi connectivity index (χ4v) is 3.20. The van der Waals surface area contributed by atoms with E-state index in [-0.39, 0.29) is 0 Å². The van der Waals surface area contributed by atoms with Gasteiger partial charge in [-0.15, -0.1) is 0 Å². The molecule has 0 aromatic carbocycles. The van der Waals surface area contributed by atoms with Gasteiger partial charge in [-0.2, -0.15) is 0 Å². The zero-order valence-electron chi connectivity index (χ0n) is 13.3. The van der Waals surface area contributed by atoms with Gasteiger partial charge in [-0.3, -0.25) is 0 Å². The van der Waals surface area contributed by atoms with Crippen LogP contribution in [0.2, 0.25) is 0 Å². The lowest BCUT2D eigenvalue weighted by molar-refractivity contribution is 0.574. The van der Waals surface area contributed by atoms with Crippen molar-refractivity contribution in [2.45, 2.75) is 58.8 Å². The van der Waals surface area contributed by atoms with Gasteiger partial charge in [0.1, 0.15) is 11.3 Å². The first-order valence-corrected chi connectivity index (χ1v) is 8.39. The second-order valence-electron chi connectivity index (χ2n) is 6.15. The molecule has 0 saturated carbocycles. The second kappa shape index (κ2) is 6.46. The minimum Gasteiger partial charge on any atom is -0.355 e. The number of unbranched alkanes of at least 4 members (excludes halogenated alkanes) is 2. The van der Waals surface area contributed by atoms with E-state index in [1.165, 1.54) is 44.2 Å². The fraction of sp³-hybridized carbons (Fsp3) is 0.647. The summed E-state index contributed by atoms with van der Waals surface area (Å²) in [5.74, 6) is 1.99. The van der Waals surface area contributed by atoms with Crippen LogP contribution < -0.4 is 4.90 Å². The maximum atomic E-state index is 4.72. The summed E-state index contributed by atoms with van der Waals surface area (Å²) in [7, 11) is 0. The average Bonchev–Trinajstić information content (AvgIpc) is 2.90. The van der Waals surface area contributed by atoms with Crippen LogP contribution in [-0.2, 0) is 6.42 Å². The Labute approximate surface area is 127 Å². The molecule has 2 aromatic rings. The molecule has 0 amide bonds. The number of aryl methyl sites for hydroxylation is 2. The van der Waals surface area contributed by atoms with Crippen LogP contribution >= 0.6 is 0 Å². The predicted octanol–water partition coefficient (Wildman–Crippen LogP) is 3.99. The van der Waals surface area contributed by atoms with Crippen molar-refractivity contribution >= 4 is 16.9 Å². The van der Waals surface area contributed by atoms with Crippen molar-refractivity contribution in [3.8, 4) is 0 Å². The van der Waals surface area contributed by atoms with Crippen molar-refractivity contribution in [2.24, 2.45) is 0 Å². The summed E-state index contributed by atoms with van der Waals surface area (Å²) in [5.41, 5.74) is 3.51. The van der Waals surface area contributed by atoms with Gasteiger partial charge in [-0.05, 0) is 45.1 Å². The number of fused-ring (bicyclic) bond motifs is 1. The molecule has 1 saturated heterocycles. The molecular formula is C17H26N4. The molecule has 3 rings (SSSR count). The van der Waals surface area contributed by atoms with Gasteiger partial charge in [-0.1, -0.05) is 19.8 Å². The zero-order valence-corrected chi connectivity index (χ0v) is 13.3. The maximum Gasteiger partial charge on any atom is 0.156 e. The molecule has 2 aromatic heterocycles. The summed E-state index contributed by atoms with van der Waals surface area (Å²) >= 11 is 0. The number of aromatic amines is 1. The predicted molar refractivity (Wildman–Crippen MR) is 87.9 cm³/mol. The lowest BCUT2D eigenvalue weighted by Crippen LogP contribution is -2.30. The third kappa shape index (κ3) is 3.20. The number of H-pyrrole nitrogens is 1. The summed E-state index contributed by atoms with van der Waals surface area (Å²) in [6, 6.07) is 2.22. The smallest absolute Gasteiger partial charge is 0.156 e. The van der Waals surface area contributed by atoms with Gasteiger partial charge < -0.3 is 9.88 Å². The highest BCUT2D eigenvalue weighted by molar-refractivity contribution is 5.87. The second-order valence-corrected chi connectivity index (χ2v) is 6.15. The Kier molecular flexibility index (Phi) is 4.42. The minimum atomic E-state index is 0.877. The van der Waals surface area contributed by atoms with E-state index >= 15 is 0 Å². The van der Waals surface area contributed by atoms with Gasteiger partial charge in [0, 0.05) is 18.8 Å². The summed E-state index contributed by atoms with van der Waals surface area (Å²) < 4.78 is 0. The van der Waals surface area contributed by atoms with Crippen LogP contribution in [0.4, 0.5) is 5.82 Å². The van der Waals surface area contributed by atoms with E-state index in [1.807, 2.05) is 6.92 Å². The maximum absolute atomic E-state index is 4.72. The van der Waals surface area contributed by atoms with E-state index < -0.39 is 0 Å². The summed E-state index contributed by atoms with van der Waals surface area (Å²) in [5, 5.41) is 0. The molecule has 0 atom stereocenters. The van der Waals surface area contributed by atoms with Crippen LogP contribution in [0.25, 0.3) is 11.0 Å². The molecule has 0 spiro atoms. The SMILES string of the molecule is CCCCCc1cc2nc(C)nc(N3CCCCC3)c2[nH]1. The average molecular weight is 286 g/mol. The van der Waals surface area contributed by atoms with E-state index in [9.17, 15) is 0 Å². The lowest BCUT2D eigenvalue weighted by atomic mass is 10.1. The Balaban J connectivity index is 1.91. The van der Waals surface area contributed by atoms with Gasteiger partial charge in [0.05, 0.1) is 5.52 Å². The van der Waals surface area contributed by atoms with Crippen molar-refractivity contribution in [3.63, 3.8) is 0 Å². The van der Waals surface area contributed by atoms with Crippen LogP contribution in [0.5, 0.6) is 0 Å². The molecule has 0 radical (unpaired) electrons. The Morgan fingerprint density at radius 2 is 1.95 bits per heavy atom. The number of piperidine rings is 1. The molecule has 0 aliphatic carbocycles.